The zero-order valence-electron chi connectivity index (χ0n) is 18.7. The lowest BCUT2D eigenvalue weighted by Gasteiger charge is -2.34. The van der Waals surface area contributed by atoms with Gasteiger partial charge in [-0.3, -0.25) is 9.59 Å². The number of methoxy groups -OCH3 is 1. The second-order valence-electron chi connectivity index (χ2n) is 8.21. The van der Waals surface area contributed by atoms with Gasteiger partial charge in [0.2, 0.25) is 5.78 Å². The van der Waals surface area contributed by atoms with Crippen molar-refractivity contribution in [2.45, 2.75) is 19.1 Å². The van der Waals surface area contributed by atoms with E-state index in [1.165, 1.54) is 0 Å². The number of carbonyl (C=O) groups is 3. The third-order valence-electron chi connectivity index (χ3n) is 6.35. The van der Waals surface area contributed by atoms with E-state index in [2.05, 4.69) is 0 Å². The number of anilines is 1. The zero-order valence-corrected chi connectivity index (χ0v) is 18.7. The second kappa shape index (κ2) is 7.88. The SMILES string of the molecule is COC(=O)C1(c2ccccc2)Oc2c(ccc3c2c(N)c(C)n3Cc2ccccc2)C(=O)C1=O. The highest BCUT2D eigenvalue weighted by atomic mass is 16.6. The molecule has 2 N–H and O–H groups in total. The Morgan fingerprint density at radius 1 is 1.00 bits per heavy atom. The van der Waals surface area contributed by atoms with Crippen LogP contribution in [0.4, 0.5) is 5.69 Å². The van der Waals surface area contributed by atoms with Crippen LogP contribution in [0.25, 0.3) is 10.9 Å². The molecule has 7 heteroatoms. The minimum atomic E-state index is -2.25. The molecule has 1 unspecified atom stereocenters. The number of nitrogens with zero attached hydrogens (tertiary/aromatic N) is 1. The van der Waals surface area contributed by atoms with E-state index in [1.54, 1.807) is 42.5 Å². The van der Waals surface area contributed by atoms with Gasteiger partial charge >= 0.3 is 5.97 Å². The van der Waals surface area contributed by atoms with Crippen LogP contribution in [0.2, 0.25) is 0 Å². The van der Waals surface area contributed by atoms with Crippen molar-refractivity contribution in [1.82, 2.24) is 4.57 Å². The van der Waals surface area contributed by atoms with E-state index in [9.17, 15) is 14.4 Å². The van der Waals surface area contributed by atoms with Gasteiger partial charge < -0.3 is 19.8 Å². The maximum Gasteiger partial charge on any atom is 0.363 e. The predicted octanol–water partition coefficient (Wildman–Crippen LogP) is 3.79. The fraction of sp³-hybridized carbons (Fsp3) is 0.148. The van der Waals surface area contributed by atoms with Crippen LogP contribution < -0.4 is 10.5 Å². The van der Waals surface area contributed by atoms with Gasteiger partial charge in [-0.05, 0) is 24.6 Å². The maximum absolute atomic E-state index is 13.3. The zero-order chi connectivity index (χ0) is 24.0. The quantitative estimate of drug-likeness (QED) is 0.286. The lowest BCUT2D eigenvalue weighted by atomic mass is 9.82. The monoisotopic (exact) mass is 454 g/mol. The van der Waals surface area contributed by atoms with E-state index in [0.717, 1.165) is 23.9 Å². The Morgan fingerprint density at radius 2 is 1.65 bits per heavy atom. The molecule has 1 aliphatic rings. The van der Waals surface area contributed by atoms with Gasteiger partial charge in [0.15, 0.2) is 0 Å². The third kappa shape index (κ3) is 2.94. The Labute approximate surface area is 195 Å². The summed E-state index contributed by atoms with van der Waals surface area (Å²) in [6.07, 6.45) is 0. The Hall–Kier alpha value is -4.39. The van der Waals surface area contributed by atoms with Crippen LogP contribution in [0.1, 0.15) is 27.2 Å². The molecule has 3 aromatic carbocycles. The molecule has 1 aliphatic heterocycles. The molecule has 0 spiro atoms. The van der Waals surface area contributed by atoms with Crippen molar-refractivity contribution in [2.75, 3.05) is 12.8 Å². The summed E-state index contributed by atoms with van der Waals surface area (Å²) in [7, 11) is 1.15. The fourth-order valence-corrected chi connectivity index (χ4v) is 4.56. The van der Waals surface area contributed by atoms with Crippen LogP contribution in [0.3, 0.4) is 0 Å². The first-order valence-electron chi connectivity index (χ1n) is 10.8. The predicted molar refractivity (Wildman–Crippen MR) is 127 cm³/mol. The molecule has 34 heavy (non-hydrogen) atoms. The summed E-state index contributed by atoms with van der Waals surface area (Å²) in [6, 6.07) is 21.4. The molecule has 5 rings (SSSR count). The summed E-state index contributed by atoms with van der Waals surface area (Å²) in [5.74, 6) is -2.70. The molecule has 2 heterocycles. The summed E-state index contributed by atoms with van der Waals surface area (Å²) < 4.78 is 13.2. The standard InChI is InChI=1S/C27H22N2O5/c1-16-22(28)21-20(29(16)15-17-9-5-3-6-10-17)14-13-19-23(30)25(31)27(26(32)33-2,34-24(19)21)18-11-7-4-8-12-18/h3-14H,15,28H2,1-2H3. The number of benzene rings is 3. The Balaban J connectivity index is 1.77. The number of hydrogen-bond acceptors (Lipinski definition) is 6. The Morgan fingerprint density at radius 3 is 2.29 bits per heavy atom. The van der Waals surface area contributed by atoms with Crippen molar-refractivity contribution >= 4 is 34.1 Å². The molecule has 0 bridgehead atoms. The van der Waals surface area contributed by atoms with Gasteiger partial charge in [-0.1, -0.05) is 60.7 Å². The minimum absolute atomic E-state index is 0.0662. The molecule has 1 atom stereocenters. The fourth-order valence-electron chi connectivity index (χ4n) is 4.56. The second-order valence-corrected chi connectivity index (χ2v) is 8.21. The molecular formula is C27H22N2O5. The van der Waals surface area contributed by atoms with E-state index in [4.69, 9.17) is 15.2 Å². The van der Waals surface area contributed by atoms with Crippen LogP contribution >= 0.6 is 0 Å². The topological polar surface area (TPSA) is 101 Å². The van der Waals surface area contributed by atoms with Gasteiger partial charge in [-0.15, -0.1) is 0 Å². The number of nitrogens with two attached hydrogens (primary N) is 1. The molecular weight excluding hydrogens is 432 g/mol. The third-order valence-corrected chi connectivity index (χ3v) is 6.35. The summed E-state index contributed by atoms with van der Waals surface area (Å²) in [4.78, 5) is 39.6. The van der Waals surface area contributed by atoms with Gasteiger partial charge in [0, 0.05) is 17.8 Å². The average Bonchev–Trinajstić information content (AvgIpc) is 3.11. The number of rotatable bonds is 4. The molecule has 0 saturated heterocycles. The highest BCUT2D eigenvalue weighted by Gasteiger charge is 2.58. The van der Waals surface area contributed by atoms with Crippen LogP contribution in [0.5, 0.6) is 5.75 Å². The number of Topliss-reactive ketones (excluding diaryl/α,β-unsaturated/α-hetero) is 2. The molecule has 7 nitrogen and oxygen atoms in total. The van der Waals surface area contributed by atoms with Gasteiger partial charge in [-0.2, -0.15) is 0 Å². The molecule has 0 fully saturated rings. The molecule has 0 aliphatic carbocycles. The average molecular weight is 454 g/mol. The summed E-state index contributed by atoms with van der Waals surface area (Å²) in [5, 5.41) is 0.482. The molecule has 0 radical (unpaired) electrons. The smallest absolute Gasteiger partial charge is 0.363 e. The van der Waals surface area contributed by atoms with Crippen LogP contribution in [0, 0.1) is 6.92 Å². The lowest BCUT2D eigenvalue weighted by molar-refractivity contribution is -0.165. The normalized spacial score (nSPS) is 17.4. The van der Waals surface area contributed by atoms with Crippen LogP contribution in [0.15, 0.2) is 72.8 Å². The van der Waals surface area contributed by atoms with Gasteiger partial charge in [0.1, 0.15) is 5.75 Å². The molecule has 0 amide bonds. The first kappa shape index (κ1) is 21.5. The largest absolute Gasteiger partial charge is 0.465 e. The summed E-state index contributed by atoms with van der Waals surface area (Å²) in [6.45, 7) is 2.43. The van der Waals surface area contributed by atoms with E-state index in [1.807, 2.05) is 41.8 Å². The summed E-state index contributed by atoms with van der Waals surface area (Å²) >= 11 is 0. The van der Waals surface area contributed by atoms with Crippen molar-refractivity contribution in [3.05, 3.63) is 95.2 Å². The van der Waals surface area contributed by atoms with Crippen molar-refractivity contribution in [3.63, 3.8) is 0 Å². The number of carbonyl (C=O) groups excluding carboxylic acids is 3. The highest BCUT2D eigenvalue weighted by molar-refractivity contribution is 6.51. The van der Waals surface area contributed by atoms with Gasteiger partial charge in [-0.25, -0.2) is 4.79 Å². The van der Waals surface area contributed by atoms with Crippen molar-refractivity contribution in [3.8, 4) is 5.75 Å². The molecule has 0 saturated carbocycles. The van der Waals surface area contributed by atoms with Crippen LogP contribution in [-0.2, 0) is 26.5 Å². The molecule has 1 aromatic heterocycles. The summed E-state index contributed by atoms with van der Waals surface area (Å²) in [5.41, 5.74) is 7.54. The van der Waals surface area contributed by atoms with E-state index in [-0.39, 0.29) is 16.9 Å². The first-order chi connectivity index (χ1) is 16.4. The number of hydrogen-bond donors (Lipinski definition) is 1. The van der Waals surface area contributed by atoms with E-state index < -0.39 is 23.1 Å². The van der Waals surface area contributed by atoms with Gasteiger partial charge in [0.25, 0.3) is 11.4 Å². The van der Waals surface area contributed by atoms with E-state index in [0.29, 0.717) is 17.6 Å². The highest BCUT2D eigenvalue weighted by Crippen LogP contribution is 2.45. The Bertz CT molecular complexity index is 1460. The number of ketones is 2. The van der Waals surface area contributed by atoms with Crippen molar-refractivity contribution in [2.24, 2.45) is 0 Å². The van der Waals surface area contributed by atoms with E-state index >= 15 is 0 Å². The number of aromatic nitrogens is 1. The molecule has 170 valence electrons. The van der Waals surface area contributed by atoms with Gasteiger partial charge in [0.05, 0.1) is 29.3 Å². The number of ether oxygens (including phenoxy) is 2. The number of fused-ring (bicyclic) bond motifs is 3. The Kier molecular flexibility index (Phi) is 4.97. The van der Waals surface area contributed by atoms with Crippen molar-refractivity contribution in [1.29, 1.82) is 0 Å². The van der Waals surface area contributed by atoms with Crippen molar-refractivity contribution < 1.29 is 23.9 Å². The lowest BCUT2D eigenvalue weighted by Crippen LogP contribution is -2.55. The first-order valence-corrected chi connectivity index (χ1v) is 10.8. The number of esters is 1. The van der Waals surface area contributed by atoms with Crippen LogP contribution in [-0.4, -0.2) is 29.2 Å². The minimum Gasteiger partial charge on any atom is -0.465 e. The number of nitrogen functional groups attached to an aromatic ring is 1. The molecule has 4 aromatic rings. The maximum atomic E-state index is 13.3.